The van der Waals surface area contributed by atoms with Gasteiger partial charge >= 0.3 is 0 Å². The second kappa shape index (κ2) is 14.3. The quantitative estimate of drug-likeness (QED) is 0.193. The van der Waals surface area contributed by atoms with Gasteiger partial charge in [0.15, 0.2) is 0 Å². The van der Waals surface area contributed by atoms with E-state index in [0.29, 0.717) is 33.1 Å². The van der Waals surface area contributed by atoms with Gasteiger partial charge in [0.05, 0.1) is 11.9 Å². The molecule has 4 rings (SSSR count). The van der Waals surface area contributed by atoms with E-state index in [4.69, 9.17) is 23.2 Å². The van der Waals surface area contributed by atoms with Gasteiger partial charge in [-0.05, 0) is 48.1 Å². The number of nitrogens with zero attached hydrogens (tertiary/aromatic N) is 2. The van der Waals surface area contributed by atoms with Gasteiger partial charge < -0.3 is 10.2 Å². The fourth-order valence-corrected chi connectivity index (χ4v) is 6.18. The first-order valence-electron chi connectivity index (χ1n) is 14.0. The zero-order valence-corrected chi connectivity index (χ0v) is 26.7. The molecule has 0 radical (unpaired) electrons. The first kappa shape index (κ1) is 32.3. The fraction of sp³-hybridized carbons (Fsp3) is 0.273. The predicted octanol–water partition coefficient (Wildman–Crippen LogP) is 6.47. The topological polar surface area (TPSA) is 86.8 Å². The zero-order valence-electron chi connectivity index (χ0n) is 24.3. The third-order valence-corrected chi connectivity index (χ3v) is 9.06. The minimum atomic E-state index is -3.91. The average Bonchev–Trinajstić information content (AvgIpc) is 2.98. The highest BCUT2D eigenvalue weighted by Gasteiger charge is 2.34. The smallest absolute Gasteiger partial charge is 0.244 e. The molecule has 0 saturated carbocycles. The highest BCUT2D eigenvalue weighted by molar-refractivity contribution is 7.92. The van der Waals surface area contributed by atoms with E-state index in [0.717, 1.165) is 21.5 Å². The molecule has 4 aromatic carbocycles. The Morgan fingerprint density at radius 2 is 1.58 bits per heavy atom. The summed E-state index contributed by atoms with van der Waals surface area (Å²) in [5.74, 6) is -0.891. The Hall–Kier alpha value is -3.59. The molecule has 0 aromatic heterocycles. The fourth-order valence-electron chi connectivity index (χ4n) is 4.85. The van der Waals surface area contributed by atoms with Gasteiger partial charge in [-0.1, -0.05) is 103 Å². The number of benzene rings is 4. The van der Waals surface area contributed by atoms with Crippen LogP contribution in [0.1, 0.15) is 31.4 Å². The van der Waals surface area contributed by atoms with Gasteiger partial charge in [0, 0.05) is 34.4 Å². The van der Waals surface area contributed by atoms with E-state index < -0.39 is 28.5 Å². The second-order valence-electron chi connectivity index (χ2n) is 10.5. The van der Waals surface area contributed by atoms with E-state index in [9.17, 15) is 18.0 Å². The number of carbonyl (C=O) groups is 2. The molecule has 7 nitrogen and oxygen atoms in total. The lowest BCUT2D eigenvalue weighted by atomic mass is 10.0. The van der Waals surface area contributed by atoms with Crippen molar-refractivity contribution >= 4 is 61.5 Å². The molecule has 1 N–H and O–H groups in total. The van der Waals surface area contributed by atoms with E-state index in [1.807, 2.05) is 74.5 Å². The van der Waals surface area contributed by atoms with E-state index in [2.05, 4.69) is 5.32 Å². The van der Waals surface area contributed by atoms with Gasteiger partial charge in [0.2, 0.25) is 21.8 Å². The number of carbonyl (C=O) groups excluding carboxylic acids is 2. The summed E-state index contributed by atoms with van der Waals surface area (Å²) in [6.45, 7) is 3.31. The number of amides is 2. The molecular weight excluding hydrogens is 605 g/mol. The van der Waals surface area contributed by atoms with E-state index in [-0.39, 0.29) is 24.9 Å². The van der Waals surface area contributed by atoms with Crippen molar-refractivity contribution in [2.45, 2.75) is 45.3 Å². The average molecular weight is 641 g/mol. The Morgan fingerprint density at radius 1 is 0.907 bits per heavy atom. The molecule has 0 bridgehead atoms. The molecule has 226 valence electrons. The molecule has 0 aliphatic heterocycles. The van der Waals surface area contributed by atoms with Crippen molar-refractivity contribution in [3.05, 3.63) is 112 Å². The van der Waals surface area contributed by atoms with Gasteiger partial charge in [-0.2, -0.15) is 0 Å². The first-order chi connectivity index (χ1) is 20.5. The van der Waals surface area contributed by atoms with Crippen LogP contribution in [0.3, 0.4) is 0 Å². The number of nitrogens with one attached hydrogen (secondary N) is 1. The minimum Gasteiger partial charge on any atom is -0.352 e. The lowest BCUT2D eigenvalue weighted by Crippen LogP contribution is -2.54. The molecule has 10 heteroatoms. The SMILES string of the molecule is CC[C@@H](C)NC(=O)[C@H](Cc1ccccc1)N(Cc1ccc(Cl)cc1Cl)C(=O)CN(c1cccc2ccccc12)S(C)(=O)=O. The summed E-state index contributed by atoms with van der Waals surface area (Å²) in [4.78, 5) is 29.6. The molecule has 0 heterocycles. The third-order valence-electron chi connectivity index (χ3n) is 7.34. The van der Waals surface area contributed by atoms with Crippen LogP contribution in [-0.2, 0) is 32.6 Å². The summed E-state index contributed by atoms with van der Waals surface area (Å²) in [5.41, 5.74) is 1.80. The van der Waals surface area contributed by atoms with Gasteiger partial charge in [-0.25, -0.2) is 8.42 Å². The predicted molar refractivity (Wildman–Crippen MR) is 175 cm³/mol. The number of rotatable bonds is 12. The Morgan fingerprint density at radius 3 is 2.26 bits per heavy atom. The van der Waals surface area contributed by atoms with Crippen LogP contribution in [-0.4, -0.2) is 50.0 Å². The Balaban J connectivity index is 1.81. The number of halogens is 2. The molecule has 2 atom stereocenters. The maximum Gasteiger partial charge on any atom is 0.244 e. The lowest BCUT2D eigenvalue weighted by Gasteiger charge is -2.34. The van der Waals surface area contributed by atoms with Crippen molar-refractivity contribution in [1.29, 1.82) is 0 Å². The van der Waals surface area contributed by atoms with Crippen LogP contribution < -0.4 is 9.62 Å². The van der Waals surface area contributed by atoms with Crippen LogP contribution in [0.5, 0.6) is 0 Å². The van der Waals surface area contributed by atoms with Gasteiger partial charge in [0.25, 0.3) is 0 Å². The van der Waals surface area contributed by atoms with Crippen LogP contribution in [0.25, 0.3) is 10.8 Å². The van der Waals surface area contributed by atoms with E-state index in [1.54, 1.807) is 30.3 Å². The number of anilines is 1. The molecule has 0 unspecified atom stereocenters. The number of hydrogen-bond donors (Lipinski definition) is 1. The second-order valence-corrected chi connectivity index (χ2v) is 13.3. The molecule has 0 aliphatic rings. The van der Waals surface area contributed by atoms with Crippen molar-refractivity contribution in [2.75, 3.05) is 17.1 Å². The summed E-state index contributed by atoms with van der Waals surface area (Å²) in [5, 5.41) is 5.30. The normalized spacial score (nSPS) is 12.9. The summed E-state index contributed by atoms with van der Waals surface area (Å²) in [7, 11) is -3.91. The molecule has 2 amide bonds. The maximum absolute atomic E-state index is 14.4. The van der Waals surface area contributed by atoms with Gasteiger partial charge in [-0.3, -0.25) is 13.9 Å². The van der Waals surface area contributed by atoms with Crippen LogP contribution in [0.2, 0.25) is 10.0 Å². The zero-order chi connectivity index (χ0) is 31.1. The lowest BCUT2D eigenvalue weighted by molar-refractivity contribution is -0.140. The van der Waals surface area contributed by atoms with Crippen LogP contribution >= 0.6 is 23.2 Å². The largest absolute Gasteiger partial charge is 0.352 e. The van der Waals surface area contributed by atoms with Crippen molar-refractivity contribution in [2.24, 2.45) is 0 Å². The van der Waals surface area contributed by atoms with Gasteiger partial charge in [-0.15, -0.1) is 0 Å². The summed E-state index contributed by atoms with van der Waals surface area (Å²) in [6, 6.07) is 25.9. The molecular formula is C33H35Cl2N3O4S. The van der Waals surface area contributed by atoms with E-state index >= 15 is 0 Å². The Bertz CT molecular complexity index is 1690. The van der Waals surface area contributed by atoms with Crippen molar-refractivity contribution in [3.63, 3.8) is 0 Å². The van der Waals surface area contributed by atoms with Gasteiger partial charge in [0.1, 0.15) is 12.6 Å². The molecule has 0 fully saturated rings. The van der Waals surface area contributed by atoms with Crippen LogP contribution in [0, 0.1) is 0 Å². The van der Waals surface area contributed by atoms with E-state index in [1.165, 1.54) is 4.90 Å². The molecule has 0 spiro atoms. The number of hydrogen-bond acceptors (Lipinski definition) is 4. The van der Waals surface area contributed by atoms with Crippen LogP contribution in [0.15, 0.2) is 91.0 Å². The molecule has 43 heavy (non-hydrogen) atoms. The Labute approximate surface area is 263 Å². The standard InChI is InChI=1S/C33H35Cl2N3O4S/c1-4-23(2)36-33(40)31(19-24-11-6-5-7-12-24)37(21-26-17-18-27(34)20-29(26)35)32(39)22-38(43(3,41)42)30-16-10-14-25-13-8-9-15-28(25)30/h5-18,20,23,31H,4,19,21-22H2,1-3H3,(H,36,40)/t23-,31+/m1/s1. The van der Waals surface area contributed by atoms with Crippen molar-refractivity contribution < 1.29 is 18.0 Å². The number of fused-ring (bicyclic) bond motifs is 1. The monoisotopic (exact) mass is 639 g/mol. The van der Waals surface area contributed by atoms with Crippen molar-refractivity contribution in [3.8, 4) is 0 Å². The summed E-state index contributed by atoms with van der Waals surface area (Å²) < 4.78 is 27.5. The highest BCUT2D eigenvalue weighted by atomic mass is 35.5. The maximum atomic E-state index is 14.4. The number of sulfonamides is 1. The molecule has 0 saturated heterocycles. The summed E-state index contributed by atoms with van der Waals surface area (Å²) >= 11 is 12.7. The minimum absolute atomic E-state index is 0.0343. The highest BCUT2D eigenvalue weighted by Crippen LogP contribution is 2.29. The summed E-state index contributed by atoms with van der Waals surface area (Å²) in [6.07, 6.45) is 1.98. The van der Waals surface area contributed by atoms with Crippen LogP contribution in [0.4, 0.5) is 5.69 Å². The third kappa shape index (κ3) is 8.28. The molecule has 0 aliphatic carbocycles. The first-order valence-corrected chi connectivity index (χ1v) is 16.6. The van der Waals surface area contributed by atoms with Crippen molar-refractivity contribution in [1.82, 2.24) is 10.2 Å². The Kier molecular flexibility index (Phi) is 10.7. The molecule has 4 aromatic rings.